The van der Waals surface area contributed by atoms with E-state index in [9.17, 15) is 13.2 Å². The summed E-state index contributed by atoms with van der Waals surface area (Å²) in [4.78, 5) is 13.6. The van der Waals surface area contributed by atoms with Gasteiger partial charge in [0.15, 0.2) is 0 Å². The average molecular weight is 459 g/mol. The molecule has 3 rings (SSSR count). The summed E-state index contributed by atoms with van der Waals surface area (Å²) in [5.74, 6) is -0.324. The second-order valence-electron chi connectivity index (χ2n) is 6.44. The van der Waals surface area contributed by atoms with Crippen molar-refractivity contribution in [1.29, 1.82) is 0 Å². The molecule has 0 unspecified atom stereocenters. The lowest BCUT2D eigenvalue weighted by atomic mass is 9.97. The lowest BCUT2D eigenvalue weighted by Gasteiger charge is -2.31. The number of hydrogen-bond donors (Lipinski definition) is 1. The summed E-state index contributed by atoms with van der Waals surface area (Å²) < 4.78 is 27.1. The number of benzene rings is 2. The van der Waals surface area contributed by atoms with Gasteiger partial charge in [-0.3, -0.25) is 4.79 Å². The van der Waals surface area contributed by atoms with Gasteiger partial charge in [-0.1, -0.05) is 35.3 Å². The van der Waals surface area contributed by atoms with Crippen LogP contribution in [0.1, 0.15) is 12.8 Å². The van der Waals surface area contributed by atoms with Crippen molar-refractivity contribution in [3.8, 4) is 0 Å². The fourth-order valence-corrected chi connectivity index (χ4v) is 5.92. The standard InChI is InChI=1S/C19H20Cl2N2O3S2/c1-27-17-5-3-2-4-16(17)22-19(24)13-8-10-23(11-9-13)28(25,26)18-12-14(20)6-7-15(18)21/h2-7,12-13H,8-11H2,1H3,(H,22,24). The zero-order valence-corrected chi connectivity index (χ0v) is 18.3. The number of nitrogens with one attached hydrogen (secondary N) is 1. The molecule has 0 radical (unpaired) electrons. The minimum atomic E-state index is -3.75. The SMILES string of the molecule is CSc1ccccc1NC(=O)C1CCN(S(=O)(=O)c2cc(Cl)ccc2Cl)CC1. The topological polar surface area (TPSA) is 66.5 Å². The normalized spacial score (nSPS) is 16.1. The van der Waals surface area contributed by atoms with Crippen molar-refractivity contribution < 1.29 is 13.2 Å². The highest BCUT2D eigenvalue weighted by Gasteiger charge is 2.33. The average Bonchev–Trinajstić information content (AvgIpc) is 2.70. The molecule has 5 nitrogen and oxygen atoms in total. The minimum absolute atomic E-state index is 0.00142. The highest BCUT2D eigenvalue weighted by atomic mass is 35.5. The van der Waals surface area contributed by atoms with Crippen LogP contribution >= 0.6 is 35.0 Å². The Bertz CT molecular complexity index is 975. The molecule has 0 aliphatic carbocycles. The lowest BCUT2D eigenvalue weighted by molar-refractivity contribution is -0.120. The van der Waals surface area contributed by atoms with Gasteiger partial charge in [-0.25, -0.2) is 8.42 Å². The van der Waals surface area contributed by atoms with Crippen LogP contribution in [0.3, 0.4) is 0 Å². The number of hydrogen-bond acceptors (Lipinski definition) is 4. The maximum atomic E-state index is 12.9. The van der Waals surface area contributed by atoms with Gasteiger partial charge in [-0.05, 0) is 49.4 Å². The Kier molecular flexibility index (Phi) is 6.94. The van der Waals surface area contributed by atoms with Gasteiger partial charge < -0.3 is 5.32 Å². The molecular weight excluding hydrogens is 439 g/mol. The minimum Gasteiger partial charge on any atom is -0.325 e. The van der Waals surface area contributed by atoms with E-state index >= 15 is 0 Å². The molecule has 1 saturated heterocycles. The molecule has 0 saturated carbocycles. The molecule has 1 aliphatic heterocycles. The summed E-state index contributed by atoms with van der Waals surface area (Å²) in [6.07, 6.45) is 2.85. The Morgan fingerprint density at radius 2 is 1.82 bits per heavy atom. The molecule has 0 spiro atoms. The first-order valence-corrected chi connectivity index (χ1v) is 12.1. The van der Waals surface area contributed by atoms with Crippen LogP contribution in [0.5, 0.6) is 0 Å². The van der Waals surface area contributed by atoms with E-state index in [0.717, 1.165) is 10.6 Å². The van der Waals surface area contributed by atoms with Gasteiger partial charge >= 0.3 is 0 Å². The van der Waals surface area contributed by atoms with E-state index in [1.807, 2.05) is 30.5 Å². The number of rotatable bonds is 5. The van der Waals surface area contributed by atoms with E-state index in [0.29, 0.717) is 17.9 Å². The molecule has 150 valence electrons. The van der Waals surface area contributed by atoms with Gasteiger partial charge in [-0.2, -0.15) is 4.31 Å². The Hall–Kier alpha value is -1.25. The van der Waals surface area contributed by atoms with E-state index in [2.05, 4.69) is 5.32 Å². The van der Waals surface area contributed by atoms with Crippen molar-refractivity contribution in [2.75, 3.05) is 24.7 Å². The first kappa shape index (κ1) is 21.5. The third-order valence-corrected chi connectivity index (χ3v) is 8.11. The molecule has 1 amide bonds. The fraction of sp³-hybridized carbons (Fsp3) is 0.316. The van der Waals surface area contributed by atoms with Crippen molar-refractivity contribution in [2.24, 2.45) is 5.92 Å². The summed E-state index contributed by atoms with van der Waals surface area (Å²) in [5, 5.41) is 3.41. The molecule has 1 fully saturated rings. The number of anilines is 1. The Labute approximate surface area is 179 Å². The third kappa shape index (κ3) is 4.66. The number of thioether (sulfide) groups is 1. The summed E-state index contributed by atoms with van der Waals surface area (Å²) in [7, 11) is -3.75. The molecule has 28 heavy (non-hydrogen) atoms. The van der Waals surface area contributed by atoms with Crippen molar-refractivity contribution in [3.05, 3.63) is 52.5 Å². The number of halogens is 2. The summed E-state index contributed by atoms with van der Waals surface area (Å²) in [5.41, 5.74) is 0.778. The maximum absolute atomic E-state index is 12.9. The predicted octanol–water partition coefficient (Wildman–Crippen LogP) is 4.75. The summed E-state index contributed by atoms with van der Waals surface area (Å²) in [6, 6.07) is 12.0. The van der Waals surface area contributed by atoms with Crippen LogP contribution in [0.4, 0.5) is 5.69 Å². The van der Waals surface area contributed by atoms with E-state index in [-0.39, 0.29) is 34.8 Å². The van der Waals surface area contributed by atoms with E-state index in [1.165, 1.54) is 16.4 Å². The quantitative estimate of drug-likeness (QED) is 0.656. The number of amides is 1. The Morgan fingerprint density at radius 1 is 1.14 bits per heavy atom. The van der Waals surface area contributed by atoms with Gasteiger partial charge in [0.25, 0.3) is 0 Å². The van der Waals surface area contributed by atoms with Crippen LogP contribution in [-0.4, -0.2) is 38.0 Å². The third-order valence-electron chi connectivity index (χ3n) is 4.70. The monoisotopic (exact) mass is 458 g/mol. The lowest BCUT2D eigenvalue weighted by Crippen LogP contribution is -2.41. The predicted molar refractivity (Wildman–Crippen MR) is 115 cm³/mol. The highest BCUT2D eigenvalue weighted by Crippen LogP contribution is 2.31. The number of sulfonamides is 1. The molecule has 2 aromatic carbocycles. The van der Waals surface area contributed by atoms with E-state index < -0.39 is 10.0 Å². The highest BCUT2D eigenvalue weighted by molar-refractivity contribution is 7.98. The van der Waals surface area contributed by atoms with Gasteiger partial charge in [0, 0.05) is 28.9 Å². The molecule has 1 N–H and O–H groups in total. The first-order chi connectivity index (χ1) is 13.3. The number of carbonyl (C=O) groups excluding carboxylic acids is 1. The van der Waals surface area contributed by atoms with Crippen LogP contribution in [-0.2, 0) is 14.8 Å². The maximum Gasteiger partial charge on any atom is 0.244 e. The molecule has 2 aromatic rings. The second-order valence-corrected chi connectivity index (χ2v) is 10.0. The molecular formula is C19H20Cl2N2O3S2. The van der Waals surface area contributed by atoms with Crippen molar-refractivity contribution in [3.63, 3.8) is 0 Å². The number of piperidine rings is 1. The van der Waals surface area contributed by atoms with Crippen LogP contribution in [0, 0.1) is 5.92 Å². The molecule has 9 heteroatoms. The van der Waals surface area contributed by atoms with Crippen LogP contribution in [0.15, 0.2) is 52.3 Å². The zero-order chi connectivity index (χ0) is 20.3. The second kappa shape index (κ2) is 9.05. The van der Waals surface area contributed by atoms with Crippen LogP contribution in [0.2, 0.25) is 10.0 Å². The smallest absolute Gasteiger partial charge is 0.244 e. The number of para-hydroxylation sites is 1. The first-order valence-electron chi connectivity index (χ1n) is 8.72. The largest absolute Gasteiger partial charge is 0.325 e. The molecule has 1 heterocycles. The van der Waals surface area contributed by atoms with Crippen LogP contribution in [0.25, 0.3) is 0 Å². The van der Waals surface area contributed by atoms with Crippen molar-refractivity contribution in [2.45, 2.75) is 22.6 Å². The number of nitrogens with zero attached hydrogens (tertiary/aromatic N) is 1. The summed E-state index contributed by atoms with van der Waals surface area (Å²) >= 11 is 13.6. The van der Waals surface area contributed by atoms with Gasteiger partial charge in [0.05, 0.1) is 10.7 Å². The van der Waals surface area contributed by atoms with E-state index in [1.54, 1.807) is 17.8 Å². The fourth-order valence-electron chi connectivity index (χ4n) is 3.16. The zero-order valence-electron chi connectivity index (χ0n) is 15.2. The molecule has 1 aliphatic rings. The van der Waals surface area contributed by atoms with Crippen molar-refractivity contribution >= 4 is 56.6 Å². The molecule has 0 atom stereocenters. The van der Waals surface area contributed by atoms with Crippen LogP contribution < -0.4 is 5.32 Å². The molecule has 0 aromatic heterocycles. The van der Waals surface area contributed by atoms with Gasteiger partial charge in [0.2, 0.25) is 15.9 Å². The Balaban J connectivity index is 1.67. The summed E-state index contributed by atoms with van der Waals surface area (Å²) in [6.45, 7) is 0.515. The molecule has 0 bridgehead atoms. The number of carbonyl (C=O) groups is 1. The van der Waals surface area contributed by atoms with Gasteiger partial charge in [0.1, 0.15) is 4.90 Å². The van der Waals surface area contributed by atoms with E-state index in [4.69, 9.17) is 23.2 Å². The van der Waals surface area contributed by atoms with Gasteiger partial charge in [-0.15, -0.1) is 11.8 Å². The Morgan fingerprint density at radius 3 is 2.50 bits per heavy atom. The van der Waals surface area contributed by atoms with Crippen molar-refractivity contribution in [1.82, 2.24) is 4.31 Å².